The number of thiophene rings is 1. The number of fused-ring (bicyclic) bond motifs is 3. The van der Waals surface area contributed by atoms with Crippen molar-refractivity contribution in [2.24, 2.45) is 0 Å². The van der Waals surface area contributed by atoms with Crippen molar-refractivity contribution in [3.05, 3.63) is 93.4 Å². The first-order valence-corrected chi connectivity index (χ1v) is 12.5. The van der Waals surface area contributed by atoms with E-state index in [2.05, 4.69) is 4.98 Å². The summed E-state index contributed by atoms with van der Waals surface area (Å²) in [5.41, 5.74) is 1.76. The van der Waals surface area contributed by atoms with Crippen molar-refractivity contribution in [3.63, 3.8) is 0 Å². The minimum atomic E-state index is -0.177. The number of hydrogen-bond acceptors (Lipinski definition) is 7. The molecule has 5 rings (SSSR count). The maximum Gasteiger partial charge on any atom is 0.272 e. The minimum Gasteiger partial charge on any atom is -0.497 e. The predicted molar refractivity (Wildman–Crippen MR) is 138 cm³/mol. The largest absolute Gasteiger partial charge is 0.497 e. The first-order valence-electron chi connectivity index (χ1n) is 10.4. The number of thioether (sulfide) groups is 1. The van der Waals surface area contributed by atoms with Crippen molar-refractivity contribution >= 4 is 60.9 Å². The normalized spacial score (nSPS) is 11.2. The van der Waals surface area contributed by atoms with E-state index in [1.807, 2.05) is 30.3 Å². The van der Waals surface area contributed by atoms with Gasteiger partial charge in [0.1, 0.15) is 15.3 Å². The molecule has 0 atom stereocenters. The van der Waals surface area contributed by atoms with Crippen LogP contribution in [0.1, 0.15) is 15.9 Å². The van der Waals surface area contributed by atoms with Gasteiger partial charge in [-0.3, -0.25) is 14.2 Å². The van der Waals surface area contributed by atoms with Gasteiger partial charge >= 0.3 is 0 Å². The van der Waals surface area contributed by atoms with Gasteiger partial charge in [0, 0.05) is 22.2 Å². The standard InChI is InChI=1S/C25H18ClN3O3S2/c1-32-17-8-4-7-15(12-17)20(30)14-33-25-28-21-18-9-5-11-27-23(18)34-22(21)24(31)29(25)13-16-6-2-3-10-19(16)26/h2-12H,13-14H2,1H3. The number of Topliss-reactive ketones (excluding diaryl/α,β-unsaturated/α-hetero) is 1. The second kappa shape index (κ2) is 9.58. The van der Waals surface area contributed by atoms with E-state index in [1.165, 1.54) is 23.1 Å². The van der Waals surface area contributed by atoms with E-state index in [0.717, 1.165) is 15.8 Å². The molecular weight excluding hydrogens is 490 g/mol. The number of rotatable bonds is 7. The van der Waals surface area contributed by atoms with Crippen LogP contribution in [-0.2, 0) is 6.54 Å². The fraction of sp³-hybridized carbons (Fsp3) is 0.120. The Labute approximate surface area is 208 Å². The lowest BCUT2D eigenvalue weighted by molar-refractivity contribution is 0.102. The summed E-state index contributed by atoms with van der Waals surface area (Å²) in [6.45, 7) is 0.249. The van der Waals surface area contributed by atoms with Crippen LogP contribution < -0.4 is 10.3 Å². The molecule has 34 heavy (non-hydrogen) atoms. The number of carbonyl (C=O) groups excluding carboxylic acids is 1. The highest BCUT2D eigenvalue weighted by atomic mass is 35.5. The van der Waals surface area contributed by atoms with Crippen LogP contribution in [0.15, 0.2) is 76.8 Å². The summed E-state index contributed by atoms with van der Waals surface area (Å²) in [6, 6.07) is 18.1. The Morgan fingerprint density at radius 2 is 2.00 bits per heavy atom. The number of aromatic nitrogens is 3. The van der Waals surface area contributed by atoms with E-state index in [1.54, 1.807) is 48.2 Å². The molecule has 0 unspecified atom stereocenters. The van der Waals surface area contributed by atoms with E-state index >= 15 is 0 Å². The molecule has 3 aromatic heterocycles. The zero-order valence-electron chi connectivity index (χ0n) is 18.0. The number of methoxy groups -OCH3 is 1. The summed E-state index contributed by atoms with van der Waals surface area (Å²) in [7, 11) is 1.56. The molecule has 0 saturated carbocycles. The molecule has 9 heteroatoms. The summed E-state index contributed by atoms with van der Waals surface area (Å²) in [6.07, 6.45) is 1.70. The molecule has 170 valence electrons. The SMILES string of the molecule is COc1cccc(C(=O)CSc2nc3c(sc4ncccc43)c(=O)n2Cc2ccccc2Cl)c1. The summed E-state index contributed by atoms with van der Waals surface area (Å²) >= 11 is 8.93. The van der Waals surface area contributed by atoms with E-state index in [9.17, 15) is 9.59 Å². The van der Waals surface area contributed by atoms with Gasteiger partial charge in [-0.05, 0) is 35.9 Å². The zero-order valence-corrected chi connectivity index (χ0v) is 20.4. The summed E-state index contributed by atoms with van der Waals surface area (Å²) in [5, 5.41) is 1.85. The Bertz CT molecular complexity index is 1600. The highest BCUT2D eigenvalue weighted by molar-refractivity contribution is 7.99. The summed E-state index contributed by atoms with van der Waals surface area (Å²) in [5.74, 6) is 0.649. The van der Waals surface area contributed by atoms with Crippen LogP contribution in [0.25, 0.3) is 20.4 Å². The first kappa shape index (κ1) is 22.6. The maximum atomic E-state index is 13.6. The fourth-order valence-corrected chi connectivity index (χ4v) is 5.71. The van der Waals surface area contributed by atoms with Gasteiger partial charge in [-0.15, -0.1) is 11.3 Å². The number of nitrogens with zero attached hydrogens (tertiary/aromatic N) is 3. The van der Waals surface area contributed by atoms with E-state index in [4.69, 9.17) is 21.3 Å². The molecule has 0 bridgehead atoms. The topological polar surface area (TPSA) is 74.1 Å². The third-order valence-electron chi connectivity index (χ3n) is 5.33. The van der Waals surface area contributed by atoms with Gasteiger partial charge in [0.25, 0.3) is 5.56 Å². The average molecular weight is 508 g/mol. The molecule has 0 aliphatic carbocycles. The van der Waals surface area contributed by atoms with Crippen molar-refractivity contribution in [2.75, 3.05) is 12.9 Å². The Morgan fingerprint density at radius 1 is 1.15 bits per heavy atom. The number of hydrogen-bond donors (Lipinski definition) is 0. The molecular formula is C25H18ClN3O3S2. The lowest BCUT2D eigenvalue weighted by atomic mass is 10.1. The fourth-order valence-electron chi connectivity index (χ4n) is 3.60. The Hall–Kier alpha value is -3.20. The van der Waals surface area contributed by atoms with Gasteiger partial charge in [0.2, 0.25) is 0 Å². The molecule has 0 radical (unpaired) electrons. The number of carbonyl (C=O) groups is 1. The monoisotopic (exact) mass is 507 g/mol. The van der Waals surface area contributed by atoms with E-state index < -0.39 is 0 Å². The molecule has 2 aromatic carbocycles. The smallest absolute Gasteiger partial charge is 0.272 e. The van der Waals surface area contributed by atoms with Crippen molar-refractivity contribution in [1.29, 1.82) is 0 Å². The van der Waals surface area contributed by atoms with E-state index in [-0.39, 0.29) is 23.6 Å². The Morgan fingerprint density at radius 3 is 2.82 bits per heavy atom. The number of ketones is 1. The number of ether oxygens (including phenoxy) is 1. The molecule has 3 heterocycles. The molecule has 6 nitrogen and oxygen atoms in total. The summed E-state index contributed by atoms with van der Waals surface area (Å²) < 4.78 is 7.34. The van der Waals surface area contributed by atoms with Crippen LogP contribution in [0.5, 0.6) is 5.75 Å². The Balaban J connectivity index is 1.58. The van der Waals surface area contributed by atoms with E-state index in [0.29, 0.717) is 31.7 Å². The van der Waals surface area contributed by atoms with Crippen LogP contribution in [-0.4, -0.2) is 33.2 Å². The van der Waals surface area contributed by atoms with Crippen molar-refractivity contribution in [1.82, 2.24) is 14.5 Å². The van der Waals surface area contributed by atoms with Crippen molar-refractivity contribution < 1.29 is 9.53 Å². The summed E-state index contributed by atoms with van der Waals surface area (Å²) in [4.78, 5) is 36.4. The van der Waals surface area contributed by atoms with Crippen molar-refractivity contribution in [2.45, 2.75) is 11.7 Å². The van der Waals surface area contributed by atoms with Gasteiger partial charge in [-0.2, -0.15) is 0 Å². The van der Waals surface area contributed by atoms with Crippen LogP contribution >= 0.6 is 34.7 Å². The average Bonchev–Trinajstić information content (AvgIpc) is 3.24. The van der Waals surface area contributed by atoms with Crippen LogP contribution in [0, 0.1) is 0 Å². The lowest BCUT2D eigenvalue weighted by Gasteiger charge is -2.13. The van der Waals surface area contributed by atoms with Gasteiger partial charge in [-0.25, -0.2) is 9.97 Å². The van der Waals surface area contributed by atoms with Gasteiger partial charge < -0.3 is 4.74 Å². The van der Waals surface area contributed by atoms with Crippen LogP contribution in [0.4, 0.5) is 0 Å². The third kappa shape index (κ3) is 4.32. The quantitative estimate of drug-likeness (QED) is 0.160. The maximum absolute atomic E-state index is 13.6. The lowest BCUT2D eigenvalue weighted by Crippen LogP contribution is -2.23. The number of halogens is 1. The molecule has 0 N–H and O–H groups in total. The molecule has 0 fully saturated rings. The predicted octanol–water partition coefficient (Wildman–Crippen LogP) is 5.69. The Kier molecular flexibility index (Phi) is 6.36. The van der Waals surface area contributed by atoms with Crippen LogP contribution in [0.2, 0.25) is 5.02 Å². The zero-order chi connectivity index (χ0) is 23.7. The molecule has 0 aliphatic rings. The van der Waals surface area contributed by atoms with Crippen molar-refractivity contribution in [3.8, 4) is 5.75 Å². The molecule has 0 aliphatic heterocycles. The van der Waals surface area contributed by atoms with Gasteiger partial charge in [-0.1, -0.05) is 53.7 Å². The minimum absolute atomic E-state index is 0.0839. The highest BCUT2D eigenvalue weighted by Gasteiger charge is 2.19. The third-order valence-corrected chi connectivity index (χ3v) is 7.76. The van der Waals surface area contributed by atoms with Gasteiger partial charge in [0.05, 0.1) is 24.9 Å². The second-order valence-electron chi connectivity index (χ2n) is 7.46. The van der Waals surface area contributed by atoms with Gasteiger partial charge in [0.15, 0.2) is 10.9 Å². The molecule has 0 amide bonds. The molecule has 0 saturated heterocycles. The number of pyridine rings is 1. The molecule has 0 spiro atoms. The highest BCUT2D eigenvalue weighted by Crippen LogP contribution is 2.31. The second-order valence-corrected chi connectivity index (χ2v) is 9.81. The molecule has 5 aromatic rings. The van der Waals surface area contributed by atoms with Crippen LogP contribution in [0.3, 0.4) is 0 Å². The number of benzene rings is 2. The first-order chi connectivity index (χ1) is 16.5.